The van der Waals surface area contributed by atoms with Crippen molar-refractivity contribution >= 4 is 11.5 Å². The summed E-state index contributed by atoms with van der Waals surface area (Å²) in [4.78, 5) is 20.2. The Kier molecular flexibility index (Phi) is 9.89. The van der Waals surface area contributed by atoms with E-state index >= 15 is 0 Å². The van der Waals surface area contributed by atoms with Crippen LogP contribution in [0.2, 0.25) is 0 Å². The largest absolute Gasteiger partial charge is 0.465 e. The zero-order valence-electron chi connectivity index (χ0n) is 31.8. The summed E-state index contributed by atoms with van der Waals surface area (Å²) in [6.07, 6.45) is 13.9. The average molecular weight is 755 g/mol. The number of aliphatic hydroxyl groups is 3. The summed E-state index contributed by atoms with van der Waals surface area (Å²) < 4.78 is 13.2. The van der Waals surface area contributed by atoms with Gasteiger partial charge < -0.3 is 35.4 Å². The summed E-state index contributed by atoms with van der Waals surface area (Å²) in [6, 6.07) is 9.70. The first-order valence-electron chi connectivity index (χ1n) is 20.3. The number of benzene rings is 2. The van der Waals surface area contributed by atoms with E-state index in [2.05, 4.69) is 40.3 Å². The first kappa shape index (κ1) is 36.9. The Hall–Kier alpha value is -4.68. The zero-order valence-corrected chi connectivity index (χ0v) is 31.8. The molecular weight excluding hydrogens is 705 g/mol. The molecule has 9 rings (SSSR count). The van der Waals surface area contributed by atoms with Crippen LogP contribution in [0.4, 0.5) is 0 Å². The first-order chi connectivity index (χ1) is 27.2. The number of carbonyl (C=O) groups is 1. The molecule has 2 bridgehead atoms. The number of hydrogen-bond acceptors (Lipinski definition) is 10. The summed E-state index contributed by atoms with van der Waals surface area (Å²) in [6.45, 7) is 3.33. The molecule has 8 atom stereocenters. The molecule has 1 spiro atoms. The van der Waals surface area contributed by atoms with E-state index in [0.29, 0.717) is 37.3 Å². The van der Waals surface area contributed by atoms with Crippen LogP contribution in [0.25, 0.3) is 0 Å². The van der Waals surface area contributed by atoms with E-state index in [9.17, 15) is 20.1 Å². The van der Waals surface area contributed by atoms with Crippen LogP contribution in [-0.4, -0.2) is 63.2 Å². The van der Waals surface area contributed by atoms with Gasteiger partial charge in [0.2, 0.25) is 0 Å². The lowest BCUT2D eigenvalue weighted by molar-refractivity contribution is -0.122. The predicted molar refractivity (Wildman–Crippen MR) is 212 cm³/mol. The number of nitrogens with two attached hydrogens (primary N) is 1. The molecule has 2 aromatic carbocycles. The zero-order chi connectivity index (χ0) is 38.6. The van der Waals surface area contributed by atoms with Gasteiger partial charge >= 0.3 is 0 Å². The number of aliphatic imine (C=N–C) groups is 1. The van der Waals surface area contributed by atoms with Gasteiger partial charge in [0.1, 0.15) is 18.0 Å². The molecule has 0 aromatic heterocycles. The molecule has 290 valence electrons. The van der Waals surface area contributed by atoms with Crippen LogP contribution < -0.4 is 20.5 Å². The number of ether oxygens (including phenoxy) is 2. The molecule has 0 saturated heterocycles. The predicted octanol–water partition coefficient (Wildman–Crippen LogP) is 4.68. The maximum Gasteiger partial charge on any atom is 0.187 e. The van der Waals surface area contributed by atoms with Gasteiger partial charge in [0.15, 0.2) is 17.7 Å². The molecule has 8 unspecified atom stereocenters. The van der Waals surface area contributed by atoms with E-state index in [-0.39, 0.29) is 30.7 Å². The molecular formula is C46H50N4O6. The fourth-order valence-electron chi connectivity index (χ4n) is 9.86. The van der Waals surface area contributed by atoms with Gasteiger partial charge in [0.05, 0.1) is 42.0 Å². The van der Waals surface area contributed by atoms with Crippen molar-refractivity contribution in [3.05, 3.63) is 93.8 Å². The lowest BCUT2D eigenvalue weighted by Crippen LogP contribution is -2.47. The Morgan fingerprint density at radius 3 is 2.79 bits per heavy atom. The lowest BCUT2D eigenvalue weighted by Gasteiger charge is -2.39. The quantitative estimate of drug-likeness (QED) is 0.209. The first-order valence-corrected chi connectivity index (χ1v) is 20.3. The number of nitrogens with zero attached hydrogens (tertiary/aromatic N) is 2. The molecule has 10 nitrogen and oxygen atoms in total. The number of nitrogens with one attached hydrogen (secondary N) is 1. The van der Waals surface area contributed by atoms with Gasteiger partial charge in [0, 0.05) is 49.7 Å². The van der Waals surface area contributed by atoms with Crippen molar-refractivity contribution in [3.63, 3.8) is 0 Å². The molecule has 7 aliphatic rings. The van der Waals surface area contributed by atoms with Crippen LogP contribution in [-0.2, 0) is 24.1 Å². The van der Waals surface area contributed by atoms with Crippen LogP contribution in [0.15, 0.2) is 71.0 Å². The number of fused-ring (bicyclic) bond motifs is 8. The van der Waals surface area contributed by atoms with Crippen LogP contribution in [0, 0.1) is 47.0 Å². The molecule has 1 saturated carbocycles. The van der Waals surface area contributed by atoms with E-state index in [0.717, 1.165) is 77.8 Å². The Balaban J connectivity index is 1.05. The Labute approximate surface area is 328 Å². The standard InChI is InChI=1S/C46H50N4O6/c1-27-4-8-34(40(53)20-27)41(54)23-30(51)7-5-28-6-13-42-43(21-28)56-45-37(46(17-19-55-42)15-2-3-16-46)11-12-39(52)32-9-10-33-31(14-18-48-44(33)47)35(32)22-29-24-49-38-26-50(45)25-36(29)38/h4,6,8-10,13,21,24-25,27,34,37,39-41,44-45,48,52-54H,2-3,5,7,14-16,18,20,22-23,26,47H2,1H3. The summed E-state index contributed by atoms with van der Waals surface area (Å²) in [5.74, 6) is 10.7. The maximum absolute atomic E-state index is 13.1. The second-order valence-electron chi connectivity index (χ2n) is 16.7. The second kappa shape index (κ2) is 15.0. The van der Waals surface area contributed by atoms with Gasteiger partial charge in [-0.15, -0.1) is 0 Å². The number of carbonyl (C=O) groups excluding carboxylic acids is 1. The van der Waals surface area contributed by atoms with Gasteiger partial charge in [-0.2, -0.15) is 0 Å². The third kappa shape index (κ3) is 6.89. The third-order valence-corrected chi connectivity index (χ3v) is 13.0. The highest BCUT2D eigenvalue weighted by Gasteiger charge is 2.48. The number of aliphatic hydroxyl groups excluding tert-OH is 3. The number of aryl methyl sites for hydroxylation is 1. The van der Waals surface area contributed by atoms with E-state index in [4.69, 9.17) is 20.2 Å². The Morgan fingerprint density at radius 1 is 1.11 bits per heavy atom. The maximum atomic E-state index is 13.1. The van der Waals surface area contributed by atoms with E-state index in [1.54, 1.807) is 0 Å². The lowest BCUT2D eigenvalue weighted by atomic mass is 9.73. The molecule has 6 N–H and O–H groups in total. The molecule has 56 heavy (non-hydrogen) atoms. The number of allylic oxidation sites excluding steroid dienone is 2. The fourth-order valence-corrected chi connectivity index (χ4v) is 9.86. The molecule has 2 aliphatic carbocycles. The number of ketones is 1. The highest BCUT2D eigenvalue weighted by molar-refractivity contribution is 6.09. The molecule has 2 aromatic rings. The highest BCUT2D eigenvalue weighted by Crippen LogP contribution is 2.49. The van der Waals surface area contributed by atoms with Gasteiger partial charge in [-0.3, -0.25) is 15.1 Å². The highest BCUT2D eigenvalue weighted by atomic mass is 16.5. The van der Waals surface area contributed by atoms with Gasteiger partial charge in [-0.05, 0) is 83.5 Å². The molecule has 5 heterocycles. The molecule has 5 aliphatic heterocycles. The molecule has 1 fully saturated rings. The number of hydrogen-bond donors (Lipinski definition) is 5. The minimum atomic E-state index is -1.03. The second-order valence-corrected chi connectivity index (χ2v) is 16.7. The summed E-state index contributed by atoms with van der Waals surface area (Å²) >= 11 is 0. The van der Waals surface area contributed by atoms with Crippen molar-refractivity contribution in [3.8, 4) is 35.4 Å². The monoisotopic (exact) mass is 754 g/mol. The fraction of sp³-hybridized carbons (Fsp3) is 0.478. The number of Topliss-reactive ketones (excluding diaryl/α,β-unsaturated/α-hetero) is 1. The van der Waals surface area contributed by atoms with Crippen molar-refractivity contribution in [2.24, 2.45) is 33.9 Å². The van der Waals surface area contributed by atoms with Crippen LogP contribution in [0.5, 0.6) is 11.5 Å². The van der Waals surface area contributed by atoms with Gasteiger partial charge in [0.25, 0.3) is 0 Å². The number of rotatable bonds is 6. The SMILES string of the molecule is CC1C=CC(C(O)CC(=O)CCc2ccc3c(c2)OC2C(C#CC(O)c4ccc5c(c4CC4=CN=C6CN2C=C46)CCNC5N)C2(C#CO3)CCCC2)C(O)C1. The summed E-state index contributed by atoms with van der Waals surface area (Å²) in [5, 5.41) is 36.6. The topological polar surface area (TPSA) is 150 Å². The average Bonchev–Trinajstić information content (AvgIpc) is 3.92. The van der Waals surface area contributed by atoms with Crippen molar-refractivity contribution < 1.29 is 29.6 Å². The van der Waals surface area contributed by atoms with E-state index in [1.165, 1.54) is 5.56 Å². The third-order valence-electron chi connectivity index (χ3n) is 13.0. The van der Waals surface area contributed by atoms with Crippen LogP contribution in [0.1, 0.15) is 92.0 Å². The molecule has 0 radical (unpaired) electrons. The van der Waals surface area contributed by atoms with Crippen LogP contribution in [0.3, 0.4) is 0 Å². The van der Waals surface area contributed by atoms with Crippen molar-refractivity contribution in [2.45, 2.75) is 102 Å². The van der Waals surface area contributed by atoms with E-state index in [1.807, 2.05) is 55.6 Å². The molecule has 10 heteroatoms. The van der Waals surface area contributed by atoms with Gasteiger partial charge in [-0.1, -0.05) is 67.9 Å². The summed E-state index contributed by atoms with van der Waals surface area (Å²) in [5.41, 5.74) is 14.1. The van der Waals surface area contributed by atoms with Crippen molar-refractivity contribution in [1.29, 1.82) is 0 Å². The summed E-state index contributed by atoms with van der Waals surface area (Å²) in [7, 11) is 0. The Morgan fingerprint density at radius 2 is 1.95 bits per heavy atom. The van der Waals surface area contributed by atoms with Crippen LogP contribution >= 0.6 is 0 Å². The molecule has 0 amide bonds. The van der Waals surface area contributed by atoms with Crippen molar-refractivity contribution in [1.82, 2.24) is 10.2 Å². The minimum absolute atomic E-state index is 0.0153. The van der Waals surface area contributed by atoms with Gasteiger partial charge in [-0.25, -0.2) is 0 Å². The van der Waals surface area contributed by atoms with E-state index < -0.39 is 41.8 Å². The minimum Gasteiger partial charge on any atom is -0.465 e. The smallest absolute Gasteiger partial charge is 0.187 e. The normalized spacial score (nSPS) is 29.8. The van der Waals surface area contributed by atoms with Crippen molar-refractivity contribution in [2.75, 3.05) is 13.1 Å². The Bertz CT molecular complexity index is 2180.